The molecule has 2 aromatic carbocycles. The molecule has 150 valence electrons. The number of ether oxygens (including phenoxy) is 2. The zero-order valence-electron chi connectivity index (χ0n) is 16.3. The van der Waals surface area contributed by atoms with Crippen molar-refractivity contribution >= 4 is 44.9 Å². The lowest BCUT2D eigenvalue weighted by Gasteiger charge is -2.15. The number of para-hydroxylation sites is 2. The Balaban J connectivity index is 2.07. The van der Waals surface area contributed by atoms with Crippen LogP contribution in [-0.4, -0.2) is 24.2 Å². The van der Waals surface area contributed by atoms with E-state index in [4.69, 9.17) is 21.7 Å². The van der Waals surface area contributed by atoms with Gasteiger partial charge in [-0.1, -0.05) is 41.9 Å². The fourth-order valence-electron chi connectivity index (χ4n) is 2.39. The predicted molar refractivity (Wildman–Crippen MR) is 120 cm³/mol. The number of rotatable bonds is 8. The SMILES string of the molecule is CCOc1ccccc1NC(=S)NC(=O)c1cc(Br)ccc1OCCC(C)C. The van der Waals surface area contributed by atoms with E-state index in [0.717, 1.165) is 10.9 Å². The van der Waals surface area contributed by atoms with E-state index in [1.54, 1.807) is 12.1 Å². The Morgan fingerprint density at radius 2 is 1.89 bits per heavy atom. The normalized spacial score (nSPS) is 10.5. The zero-order chi connectivity index (χ0) is 20.5. The number of amides is 1. The Morgan fingerprint density at radius 1 is 1.14 bits per heavy atom. The van der Waals surface area contributed by atoms with Gasteiger partial charge in [0, 0.05) is 4.47 Å². The van der Waals surface area contributed by atoms with Gasteiger partial charge in [0.1, 0.15) is 11.5 Å². The van der Waals surface area contributed by atoms with E-state index in [1.807, 2.05) is 37.3 Å². The van der Waals surface area contributed by atoms with Gasteiger partial charge >= 0.3 is 0 Å². The lowest BCUT2D eigenvalue weighted by molar-refractivity contribution is 0.0973. The van der Waals surface area contributed by atoms with Crippen LogP contribution >= 0.6 is 28.1 Å². The largest absolute Gasteiger partial charge is 0.493 e. The van der Waals surface area contributed by atoms with Crippen LogP contribution in [-0.2, 0) is 0 Å². The van der Waals surface area contributed by atoms with E-state index in [-0.39, 0.29) is 11.0 Å². The highest BCUT2D eigenvalue weighted by molar-refractivity contribution is 9.10. The molecule has 28 heavy (non-hydrogen) atoms. The molecule has 0 saturated carbocycles. The van der Waals surface area contributed by atoms with Gasteiger partial charge in [0.05, 0.1) is 24.5 Å². The van der Waals surface area contributed by atoms with Crippen LogP contribution in [0.1, 0.15) is 37.6 Å². The average molecular weight is 465 g/mol. The van der Waals surface area contributed by atoms with Crippen LogP contribution in [0, 0.1) is 5.92 Å². The van der Waals surface area contributed by atoms with Gasteiger partial charge in [-0.2, -0.15) is 0 Å². The fourth-order valence-corrected chi connectivity index (χ4v) is 2.95. The molecule has 0 unspecified atom stereocenters. The number of benzene rings is 2. The first-order chi connectivity index (χ1) is 13.4. The number of halogens is 1. The molecule has 0 spiro atoms. The van der Waals surface area contributed by atoms with E-state index >= 15 is 0 Å². The van der Waals surface area contributed by atoms with Crippen molar-refractivity contribution in [3.63, 3.8) is 0 Å². The highest BCUT2D eigenvalue weighted by Crippen LogP contribution is 2.25. The summed E-state index contributed by atoms with van der Waals surface area (Å²) in [5.41, 5.74) is 1.11. The molecular formula is C21H25BrN2O3S. The molecule has 0 radical (unpaired) electrons. The number of carbonyl (C=O) groups excluding carboxylic acids is 1. The van der Waals surface area contributed by atoms with Crippen molar-refractivity contribution in [3.05, 3.63) is 52.5 Å². The fraction of sp³-hybridized carbons (Fsp3) is 0.333. The summed E-state index contributed by atoms with van der Waals surface area (Å²) in [6.45, 7) is 7.24. The van der Waals surface area contributed by atoms with Crippen LogP contribution in [0.5, 0.6) is 11.5 Å². The minimum absolute atomic E-state index is 0.185. The standard InChI is InChI=1S/C21H25BrN2O3S/c1-4-26-19-8-6-5-7-17(19)23-21(28)24-20(25)16-13-15(22)9-10-18(16)27-12-11-14(2)3/h5-10,13-14H,4,11-12H2,1-3H3,(H2,23,24,25,28). The van der Waals surface area contributed by atoms with Gasteiger partial charge in [-0.25, -0.2) is 0 Å². The summed E-state index contributed by atoms with van der Waals surface area (Å²) in [7, 11) is 0. The third-order valence-corrected chi connectivity index (χ3v) is 4.50. The Hall–Kier alpha value is -2.12. The van der Waals surface area contributed by atoms with Gasteiger partial charge in [-0.3, -0.25) is 10.1 Å². The van der Waals surface area contributed by atoms with Gasteiger partial charge < -0.3 is 14.8 Å². The summed E-state index contributed by atoms with van der Waals surface area (Å²) in [6.07, 6.45) is 0.908. The molecule has 1 amide bonds. The second kappa shape index (κ2) is 11.0. The van der Waals surface area contributed by atoms with E-state index in [0.29, 0.717) is 41.9 Å². The smallest absolute Gasteiger partial charge is 0.261 e. The third-order valence-electron chi connectivity index (χ3n) is 3.80. The van der Waals surface area contributed by atoms with Crippen LogP contribution in [0.4, 0.5) is 5.69 Å². The Bertz CT molecular complexity index is 827. The summed E-state index contributed by atoms with van der Waals surface area (Å²) in [5.74, 6) is 1.38. The van der Waals surface area contributed by atoms with Crippen LogP contribution in [0.25, 0.3) is 0 Å². The van der Waals surface area contributed by atoms with Gasteiger partial charge in [0.15, 0.2) is 5.11 Å². The monoisotopic (exact) mass is 464 g/mol. The van der Waals surface area contributed by atoms with E-state index in [2.05, 4.69) is 40.4 Å². The molecule has 2 aromatic rings. The minimum atomic E-state index is -0.341. The number of hydrogen-bond acceptors (Lipinski definition) is 4. The van der Waals surface area contributed by atoms with Crippen LogP contribution in [0.3, 0.4) is 0 Å². The maximum atomic E-state index is 12.8. The Morgan fingerprint density at radius 3 is 2.61 bits per heavy atom. The molecule has 0 aliphatic rings. The van der Waals surface area contributed by atoms with Gasteiger partial charge in [0.25, 0.3) is 5.91 Å². The van der Waals surface area contributed by atoms with Crippen LogP contribution in [0.2, 0.25) is 0 Å². The average Bonchev–Trinajstić information content (AvgIpc) is 2.64. The van der Waals surface area contributed by atoms with Crippen LogP contribution < -0.4 is 20.1 Å². The molecule has 0 aliphatic heterocycles. The first-order valence-electron chi connectivity index (χ1n) is 9.17. The minimum Gasteiger partial charge on any atom is -0.493 e. The molecule has 0 bridgehead atoms. The highest BCUT2D eigenvalue weighted by Gasteiger charge is 2.16. The Labute approximate surface area is 179 Å². The second-order valence-electron chi connectivity index (χ2n) is 6.51. The quantitative estimate of drug-likeness (QED) is 0.512. The number of thiocarbonyl (C=S) groups is 1. The molecule has 7 heteroatoms. The predicted octanol–water partition coefficient (Wildman–Crippen LogP) is 5.40. The lowest BCUT2D eigenvalue weighted by Crippen LogP contribution is -2.34. The summed E-state index contributed by atoms with van der Waals surface area (Å²) in [6, 6.07) is 12.8. The number of nitrogens with one attached hydrogen (secondary N) is 2. The maximum absolute atomic E-state index is 12.8. The topological polar surface area (TPSA) is 59.6 Å². The van der Waals surface area contributed by atoms with Crippen molar-refractivity contribution in [2.45, 2.75) is 27.2 Å². The molecule has 5 nitrogen and oxygen atoms in total. The Kier molecular flexibility index (Phi) is 8.73. The van der Waals surface area contributed by atoms with Crippen molar-refractivity contribution in [1.29, 1.82) is 0 Å². The summed E-state index contributed by atoms with van der Waals surface area (Å²) in [5, 5.41) is 5.90. The van der Waals surface area contributed by atoms with Crippen molar-refractivity contribution in [3.8, 4) is 11.5 Å². The summed E-state index contributed by atoms with van der Waals surface area (Å²) in [4.78, 5) is 12.8. The van der Waals surface area contributed by atoms with Crippen molar-refractivity contribution in [2.24, 2.45) is 5.92 Å². The molecule has 2 N–H and O–H groups in total. The van der Waals surface area contributed by atoms with Crippen molar-refractivity contribution < 1.29 is 14.3 Å². The first kappa shape index (κ1) is 22.2. The zero-order valence-corrected chi connectivity index (χ0v) is 18.7. The molecule has 0 heterocycles. The third kappa shape index (κ3) is 6.80. The van der Waals surface area contributed by atoms with E-state index in [9.17, 15) is 4.79 Å². The van der Waals surface area contributed by atoms with Gasteiger partial charge in [0.2, 0.25) is 0 Å². The molecule has 0 aromatic heterocycles. The van der Waals surface area contributed by atoms with Gasteiger partial charge in [-0.05, 0) is 61.8 Å². The number of hydrogen-bond donors (Lipinski definition) is 2. The summed E-state index contributed by atoms with van der Waals surface area (Å²) < 4.78 is 12.2. The van der Waals surface area contributed by atoms with Gasteiger partial charge in [-0.15, -0.1) is 0 Å². The van der Waals surface area contributed by atoms with E-state index < -0.39 is 0 Å². The molecule has 0 saturated heterocycles. The maximum Gasteiger partial charge on any atom is 0.261 e. The lowest BCUT2D eigenvalue weighted by atomic mass is 10.1. The van der Waals surface area contributed by atoms with E-state index in [1.165, 1.54) is 0 Å². The van der Waals surface area contributed by atoms with Crippen LogP contribution in [0.15, 0.2) is 46.9 Å². The second-order valence-corrected chi connectivity index (χ2v) is 7.83. The number of carbonyl (C=O) groups is 1. The van der Waals surface area contributed by atoms with Crippen molar-refractivity contribution in [2.75, 3.05) is 18.5 Å². The molecular weight excluding hydrogens is 440 g/mol. The molecule has 0 atom stereocenters. The molecule has 0 fully saturated rings. The highest BCUT2D eigenvalue weighted by atomic mass is 79.9. The first-order valence-corrected chi connectivity index (χ1v) is 10.4. The van der Waals surface area contributed by atoms with Crippen molar-refractivity contribution in [1.82, 2.24) is 5.32 Å². The summed E-state index contributed by atoms with van der Waals surface area (Å²) >= 11 is 8.70. The molecule has 2 rings (SSSR count). The molecule has 0 aliphatic carbocycles. The number of anilines is 1.